The molecule has 158 valence electrons. The van der Waals surface area contributed by atoms with Crippen LogP contribution >= 0.6 is 0 Å². The number of rotatable bonds is 5. The van der Waals surface area contributed by atoms with Crippen molar-refractivity contribution in [2.75, 3.05) is 18.5 Å². The van der Waals surface area contributed by atoms with Crippen molar-refractivity contribution in [3.05, 3.63) is 34.9 Å². The zero-order chi connectivity index (χ0) is 20.9. The van der Waals surface area contributed by atoms with E-state index in [1.165, 1.54) is 34.9 Å². The van der Waals surface area contributed by atoms with Gasteiger partial charge in [-0.2, -0.15) is 0 Å². The summed E-state index contributed by atoms with van der Waals surface area (Å²) in [5, 5.41) is 12.8. The van der Waals surface area contributed by atoms with E-state index in [1.807, 2.05) is 0 Å². The number of nitrogens with zero attached hydrogens (tertiary/aromatic N) is 3. The van der Waals surface area contributed by atoms with Gasteiger partial charge in [-0.15, -0.1) is 5.10 Å². The first kappa shape index (κ1) is 19.5. The molecule has 5 rings (SSSR count). The minimum atomic E-state index is 0.00402. The Morgan fingerprint density at radius 2 is 1.93 bits per heavy atom. The van der Waals surface area contributed by atoms with Gasteiger partial charge in [0, 0.05) is 18.5 Å². The average Bonchev–Trinajstić information content (AvgIpc) is 3.22. The molecule has 3 heterocycles. The van der Waals surface area contributed by atoms with Gasteiger partial charge in [-0.1, -0.05) is 31.9 Å². The molecule has 0 unspecified atom stereocenters. The van der Waals surface area contributed by atoms with Crippen molar-refractivity contribution in [2.24, 2.45) is 0 Å². The molecule has 0 amide bonds. The summed E-state index contributed by atoms with van der Waals surface area (Å²) in [4.78, 5) is 5.00. The summed E-state index contributed by atoms with van der Waals surface area (Å²) in [5.74, 6) is 1.16. The maximum atomic E-state index is 5.88. The molecule has 1 atom stereocenters. The normalized spacial score (nSPS) is 19.5. The smallest absolute Gasteiger partial charge is 0.315 e. The van der Waals surface area contributed by atoms with E-state index in [2.05, 4.69) is 61.4 Å². The van der Waals surface area contributed by atoms with Crippen molar-refractivity contribution in [3.8, 4) is 11.6 Å². The maximum Gasteiger partial charge on any atom is 0.315 e. The van der Waals surface area contributed by atoms with Crippen LogP contribution in [0.25, 0.3) is 22.5 Å². The van der Waals surface area contributed by atoms with Crippen LogP contribution in [0.1, 0.15) is 69.1 Å². The Labute approximate surface area is 177 Å². The number of aryl methyl sites for hydroxylation is 1. The third-order valence-electron chi connectivity index (χ3n) is 6.15. The Morgan fingerprint density at radius 1 is 1.10 bits per heavy atom. The standard InChI is InChI=1S/C24H30N4O2/c1-14-10-20(22-27-28-23(30-22)25-13-17-6-5-9-29-17)26-21-18(14)11-16(15-7-8-15)12-19(21)24(2,3)4/h10-12,15,17H,5-9,13H2,1-4H3,(H,25,28)/t17-/m1/s1. The van der Waals surface area contributed by atoms with Gasteiger partial charge in [0.05, 0.1) is 11.6 Å². The van der Waals surface area contributed by atoms with Crippen LogP contribution in [0.3, 0.4) is 0 Å². The van der Waals surface area contributed by atoms with Crippen LogP contribution in [0.15, 0.2) is 22.6 Å². The highest BCUT2D eigenvalue weighted by Crippen LogP contribution is 2.44. The Morgan fingerprint density at radius 3 is 2.63 bits per heavy atom. The fourth-order valence-electron chi connectivity index (χ4n) is 4.25. The second-order valence-electron chi connectivity index (χ2n) is 9.74. The second kappa shape index (κ2) is 7.34. The van der Waals surface area contributed by atoms with Crippen LogP contribution in [-0.2, 0) is 10.2 Å². The molecule has 2 aliphatic rings. The van der Waals surface area contributed by atoms with Crippen LogP contribution in [0, 0.1) is 6.92 Å². The first-order valence-electron chi connectivity index (χ1n) is 11.0. The van der Waals surface area contributed by atoms with Crippen molar-refractivity contribution in [2.45, 2.75) is 70.8 Å². The molecule has 1 aliphatic heterocycles. The van der Waals surface area contributed by atoms with Crippen molar-refractivity contribution in [1.82, 2.24) is 15.2 Å². The molecule has 0 bridgehead atoms. The van der Waals surface area contributed by atoms with Gasteiger partial charge in [0.2, 0.25) is 0 Å². The molecule has 2 fully saturated rings. The maximum absolute atomic E-state index is 5.88. The zero-order valence-corrected chi connectivity index (χ0v) is 18.3. The van der Waals surface area contributed by atoms with E-state index >= 15 is 0 Å². The van der Waals surface area contributed by atoms with Gasteiger partial charge in [0.1, 0.15) is 5.69 Å². The summed E-state index contributed by atoms with van der Waals surface area (Å²) in [6.45, 7) is 10.4. The number of pyridine rings is 1. The van der Waals surface area contributed by atoms with Crippen LogP contribution in [0.4, 0.5) is 6.01 Å². The fourth-order valence-corrected chi connectivity index (χ4v) is 4.25. The first-order valence-corrected chi connectivity index (χ1v) is 11.0. The number of hydrogen-bond donors (Lipinski definition) is 1. The second-order valence-corrected chi connectivity index (χ2v) is 9.74. The lowest BCUT2D eigenvalue weighted by Crippen LogP contribution is -2.18. The predicted molar refractivity (Wildman–Crippen MR) is 118 cm³/mol. The SMILES string of the molecule is Cc1cc(-c2nnc(NC[C@H]3CCCO3)o2)nc2c(C(C)(C)C)cc(C3CC3)cc12. The molecular weight excluding hydrogens is 376 g/mol. The molecule has 1 aliphatic carbocycles. The van der Waals surface area contributed by atoms with Gasteiger partial charge in [-0.3, -0.25) is 0 Å². The predicted octanol–water partition coefficient (Wildman–Crippen LogP) is 5.36. The van der Waals surface area contributed by atoms with Gasteiger partial charge < -0.3 is 14.5 Å². The molecule has 1 aromatic carbocycles. The average molecular weight is 407 g/mol. The van der Waals surface area contributed by atoms with Crippen LogP contribution < -0.4 is 5.32 Å². The molecule has 2 aromatic heterocycles. The van der Waals surface area contributed by atoms with E-state index in [1.54, 1.807) is 0 Å². The van der Waals surface area contributed by atoms with E-state index in [9.17, 15) is 0 Å². The molecule has 0 radical (unpaired) electrons. The third kappa shape index (κ3) is 3.81. The fraction of sp³-hybridized carbons (Fsp3) is 0.542. The minimum Gasteiger partial charge on any atom is -0.402 e. The first-order chi connectivity index (χ1) is 14.4. The van der Waals surface area contributed by atoms with E-state index < -0.39 is 0 Å². The molecule has 0 spiro atoms. The Bertz CT molecular complexity index is 1070. The molecule has 1 saturated heterocycles. The molecule has 3 aromatic rings. The largest absolute Gasteiger partial charge is 0.402 e. The summed E-state index contributed by atoms with van der Waals surface area (Å²) >= 11 is 0. The number of benzene rings is 1. The molecule has 6 heteroatoms. The summed E-state index contributed by atoms with van der Waals surface area (Å²) in [6, 6.07) is 7.17. The molecule has 1 N–H and O–H groups in total. The van der Waals surface area contributed by atoms with Crippen LogP contribution in [0.5, 0.6) is 0 Å². The van der Waals surface area contributed by atoms with Gasteiger partial charge in [-0.25, -0.2) is 4.98 Å². The number of nitrogens with one attached hydrogen (secondary N) is 1. The van der Waals surface area contributed by atoms with Gasteiger partial charge in [-0.05, 0) is 72.8 Å². The number of fused-ring (bicyclic) bond motifs is 1. The Balaban J connectivity index is 1.50. The monoisotopic (exact) mass is 406 g/mol. The lowest BCUT2D eigenvalue weighted by atomic mass is 9.83. The number of hydrogen-bond acceptors (Lipinski definition) is 6. The summed E-state index contributed by atoms with van der Waals surface area (Å²) in [5.41, 5.74) is 5.68. The highest BCUT2D eigenvalue weighted by Gasteiger charge is 2.28. The number of anilines is 1. The van der Waals surface area contributed by atoms with E-state index in [4.69, 9.17) is 14.1 Å². The minimum absolute atomic E-state index is 0.00402. The number of ether oxygens (including phenoxy) is 1. The molecule has 30 heavy (non-hydrogen) atoms. The highest BCUT2D eigenvalue weighted by molar-refractivity contribution is 5.88. The Kier molecular flexibility index (Phi) is 4.77. The zero-order valence-electron chi connectivity index (χ0n) is 18.3. The molecule has 6 nitrogen and oxygen atoms in total. The van der Waals surface area contributed by atoms with E-state index in [-0.39, 0.29) is 11.5 Å². The van der Waals surface area contributed by atoms with Gasteiger partial charge in [0.25, 0.3) is 5.89 Å². The lowest BCUT2D eigenvalue weighted by Gasteiger charge is -2.23. The van der Waals surface area contributed by atoms with Crippen molar-refractivity contribution < 1.29 is 9.15 Å². The van der Waals surface area contributed by atoms with Crippen molar-refractivity contribution in [1.29, 1.82) is 0 Å². The molecular formula is C24H30N4O2. The third-order valence-corrected chi connectivity index (χ3v) is 6.15. The highest BCUT2D eigenvalue weighted by atomic mass is 16.5. The van der Waals surface area contributed by atoms with Crippen LogP contribution in [-0.4, -0.2) is 34.4 Å². The van der Waals surface area contributed by atoms with Crippen molar-refractivity contribution in [3.63, 3.8) is 0 Å². The Hall–Kier alpha value is -2.47. The van der Waals surface area contributed by atoms with E-state index in [0.29, 0.717) is 24.4 Å². The quantitative estimate of drug-likeness (QED) is 0.615. The summed E-state index contributed by atoms with van der Waals surface area (Å²) in [6.07, 6.45) is 4.99. The lowest BCUT2D eigenvalue weighted by molar-refractivity contribution is 0.120. The summed E-state index contributed by atoms with van der Waals surface area (Å²) < 4.78 is 11.5. The molecule has 1 saturated carbocycles. The van der Waals surface area contributed by atoms with E-state index in [0.717, 1.165) is 30.7 Å². The topological polar surface area (TPSA) is 73.1 Å². The van der Waals surface area contributed by atoms with Gasteiger partial charge in [0.15, 0.2) is 0 Å². The number of aromatic nitrogens is 3. The van der Waals surface area contributed by atoms with Gasteiger partial charge >= 0.3 is 6.01 Å². The van der Waals surface area contributed by atoms with Crippen molar-refractivity contribution >= 4 is 16.9 Å². The summed E-state index contributed by atoms with van der Waals surface area (Å²) in [7, 11) is 0. The van der Waals surface area contributed by atoms with Crippen LogP contribution in [0.2, 0.25) is 0 Å².